The maximum Gasteiger partial charge on any atom is 0.255 e. The highest BCUT2D eigenvalue weighted by Crippen LogP contribution is 2.21. The summed E-state index contributed by atoms with van der Waals surface area (Å²) in [5.74, 6) is -0.544. The van der Waals surface area contributed by atoms with Crippen LogP contribution in [-0.2, 0) is 0 Å². The zero-order valence-electron chi connectivity index (χ0n) is 10.2. The van der Waals surface area contributed by atoms with Gasteiger partial charge in [0, 0.05) is 19.6 Å². The second-order valence-corrected chi connectivity index (χ2v) is 4.84. The van der Waals surface area contributed by atoms with Crippen LogP contribution in [0.25, 0.3) is 0 Å². The van der Waals surface area contributed by atoms with Crippen molar-refractivity contribution in [2.45, 2.75) is 19.4 Å². The van der Waals surface area contributed by atoms with E-state index in [0.29, 0.717) is 12.1 Å². The lowest BCUT2D eigenvalue weighted by molar-refractivity contribution is 0.0616. The lowest BCUT2D eigenvalue weighted by Gasteiger charge is -2.38. The van der Waals surface area contributed by atoms with Crippen molar-refractivity contribution in [1.82, 2.24) is 10.2 Å². The van der Waals surface area contributed by atoms with Gasteiger partial charge in [-0.3, -0.25) is 4.79 Å². The molecule has 0 aromatic heterocycles. The average molecular weight is 271 g/mol. The molecule has 0 saturated carbocycles. The highest BCUT2D eigenvalue weighted by molar-refractivity contribution is 6.33. The van der Waals surface area contributed by atoms with E-state index in [0.717, 1.165) is 19.5 Å². The fourth-order valence-electron chi connectivity index (χ4n) is 2.00. The summed E-state index contributed by atoms with van der Waals surface area (Å²) >= 11 is 5.93. The van der Waals surface area contributed by atoms with E-state index in [1.54, 1.807) is 0 Å². The Morgan fingerprint density at radius 1 is 1.56 bits per heavy atom. The third-order valence-electron chi connectivity index (χ3n) is 3.09. The Balaban J connectivity index is 2.21. The average Bonchev–Trinajstić information content (AvgIpc) is 2.25. The molecular formula is C13H16ClFN2O. The van der Waals surface area contributed by atoms with Gasteiger partial charge in [0.25, 0.3) is 5.91 Å². The molecule has 0 spiro atoms. The van der Waals surface area contributed by atoms with E-state index in [1.807, 2.05) is 11.8 Å². The molecular weight excluding hydrogens is 255 g/mol. The van der Waals surface area contributed by atoms with Gasteiger partial charge < -0.3 is 10.2 Å². The first-order valence-corrected chi connectivity index (χ1v) is 6.48. The van der Waals surface area contributed by atoms with Crippen molar-refractivity contribution in [3.05, 3.63) is 34.6 Å². The Labute approximate surface area is 111 Å². The minimum absolute atomic E-state index is 0.117. The van der Waals surface area contributed by atoms with Crippen molar-refractivity contribution < 1.29 is 9.18 Å². The van der Waals surface area contributed by atoms with Gasteiger partial charge in [0.1, 0.15) is 5.82 Å². The predicted molar refractivity (Wildman–Crippen MR) is 69.4 cm³/mol. The van der Waals surface area contributed by atoms with Crippen LogP contribution in [0.1, 0.15) is 23.7 Å². The van der Waals surface area contributed by atoms with Crippen molar-refractivity contribution in [2.24, 2.45) is 0 Å². The standard InChI is InChI=1S/C13H16ClFN2O/c1-2-5-17(10-7-16-8-10)13(18)11-4-3-9(15)6-12(11)14/h3-4,6,10,16H,2,5,7-8H2,1H3. The number of amides is 1. The number of hydrogen-bond acceptors (Lipinski definition) is 2. The Bertz CT molecular complexity index is 449. The molecule has 5 heteroatoms. The van der Waals surface area contributed by atoms with Crippen LogP contribution in [0.4, 0.5) is 4.39 Å². The molecule has 1 aliphatic rings. The van der Waals surface area contributed by atoms with Crippen LogP contribution in [0.15, 0.2) is 18.2 Å². The van der Waals surface area contributed by atoms with Crippen molar-refractivity contribution in [2.75, 3.05) is 19.6 Å². The summed E-state index contributed by atoms with van der Waals surface area (Å²) in [4.78, 5) is 14.2. The van der Waals surface area contributed by atoms with Gasteiger partial charge in [0.2, 0.25) is 0 Å². The predicted octanol–water partition coefficient (Wildman–Crippen LogP) is 2.30. The fraction of sp³-hybridized carbons (Fsp3) is 0.462. The second-order valence-electron chi connectivity index (χ2n) is 4.43. The van der Waals surface area contributed by atoms with Gasteiger partial charge in [-0.2, -0.15) is 0 Å². The van der Waals surface area contributed by atoms with Crippen LogP contribution in [0, 0.1) is 5.82 Å². The Morgan fingerprint density at radius 2 is 2.28 bits per heavy atom. The first-order chi connectivity index (χ1) is 8.63. The second kappa shape index (κ2) is 5.67. The van der Waals surface area contributed by atoms with E-state index in [2.05, 4.69) is 5.32 Å². The fourth-order valence-corrected chi connectivity index (χ4v) is 2.25. The van der Waals surface area contributed by atoms with E-state index in [4.69, 9.17) is 11.6 Å². The zero-order chi connectivity index (χ0) is 13.1. The van der Waals surface area contributed by atoms with Gasteiger partial charge in [-0.15, -0.1) is 0 Å². The van der Waals surface area contributed by atoms with Crippen LogP contribution >= 0.6 is 11.6 Å². The topological polar surface area (TPSA) is 32.3 Å². The zero-order valence-corrected chi connectivity index (χ0v) is 11.0. The lowest BCUT2D eigenvalue weighted by Crippen LogP contribution is -2.59. The molecule has 1 saturated heterocycles. The van der Waals surface area contributed by atoms with Gasteiger partial charge in [-0.25, -0.2) is 4.39 Å². The number of benzene rings is 1. The summed E-state index contributed by atoms with van der Waals surface area (Å²) in [6, 6.07) is 4.12. The molecule has 2 rings (SSSR count). The molecule has 18 heavy (non-hydrogen) atoms. The minimum Gasteiger partial charge on any atom is -0.333 e. The number of nitrogens with zero attached hydrogens (tertiary/aromatic N) is 1. The van der Waals surface area contributed by atoms with Crippen molar-refractivity contribution in [3.63, 3.8) is 0 Å². The molecule has 0 aliphatic carbocycles. The Kier molecular flexibility index (Phi) is 4.19. The summed E-state index contributed by atoms with van der Waals surface area (Å²) in [7, 11) is 0. The first kappa shape index (κ1) is 13.3. The van der Waals surface area contributed by atoms with E-state index in [-0.39, 0.29) is 17.0 Å². The lowest BCUT2D eigenvalue weighted by atomic mass is 10.1. The summed E-state index contributed by atoms with van der Waals surface area (Å²) in [5.41, 5.74) is 0.374. The minimum atomic E-state index is -0.427. The molecule has 1 aromatic rings. The van der Waals surface area contributed by atoms with E-state index in [9.17, 15) is 9.18 Å². The summed E-state index contributed by atoms with van der Waals surface area (Å²) in [5, 5.41) is 3.32. The molecule has 98 valence electrons. The summed E-state index contributed by atoms with van der Waals surface area (Å²) < 4.78 is 13.0. The van der Waals surface area contributed by atoms with Crippen molar-refractivity contribution in [3.8, 4) is 0 Å². The molecule has 0 radical (unpaired) electrons. The van der Waals surface area contributed by atoms with Gasteiger partial charge in [-0.05, 0) is 24.6 Å². The third-order valence-corrected chi connectivity index (χ3v) is 3.40. The summed E-state index contributed by atoms with van der Waals surface area (Å²) in [6.45, 7) is 4.34. The van der Waals surface area contributed by atoms with Crippen molar-refractivity contribution >= 4 is 17.5 Å². The largest absolute Gasteiger partial charge is 0.333 e. The molecule has 0 atom stereocenters. The van der Waals surface area contributed by atoms with Crippen LogP contribution in [-0.4, -0.2) is 36.5 Å². The Morgan fingerprint density at radius 3 is 2.78 bits per heavy atom. The van der Waals surface area contributed by atoms with Crippen molar-refractivity contribution in [1.29, 1.82) is 0 Å². The number of nitrogens with one attached hydrogen (secondary N) is 1. The normalized spacial score (nSPS) is 15.3. The monoisotopic (exact) mass is 270 g/mol. The van der Waals surface area contributed by atoms with E-state index < -0.39 is 5.82 Å². The van der Waals surface area contributed by atoms with Gasteiger partial charge >= 0.3 is 0 Å². The van der Waals surface area contributed by atoms with Crippen LogP contribution in [0.2, 0.25) is 5.02 Å². The maximum atomic E-state index is 13.0. The van der Waals surface area contributed by atoms with Gasteiger partial charge in [0.05, 0.1) is 16.6 Å². The van der Waals surface area contributed by atoms with Crippen LogP contribution in [0.3, 0.4) is 0 Å². The highest BCUT2D eigenvalue weighted by Gasteiger charge is 2.29. The van der Waals surface area contributed by atoms with Crippen LogP contribution < -0.4 is 5.32 Å². The SMILES string of the molecule is CCCN(C(=O)c1ccc(F)cc1Cl)C1CNC1. The molecule has 1 aliphatic heterocycles. The molecule has 1 amide bonds. The summed E-state index contributed by atoms with van der Waals surface area (Å²) in [6.07, 6.45) is 0.890. The van der Waals surface area contributed by atoms with E-state index in [1.165, 1.54) is 18.2 Å². The first-order valence-electron chi connectivity index (χ1n) is 6.10. The van der Waals surface area contributed by atoms with Crippen LogP contribution in [0.5, 0.6) is 0 Å². The number of hydrogen-bond donors (Lipinski definition) is 1. The molecule has 0 unspecified atom stereocenters. The molecule has 1 fully saturated rings. The molecule has 3 nitrogen and oxygen atoms in total. The number of halogens is 2. The Hall–Kier alpha value is -1.13. The number of carbonyl (C=O) groups excluding carboxylic acids is 1. The quantitative estimate of drug-likeness (QED) is 0.911. The molecule has 1 heterocycles. The smallest absolute Gasteiger partial charge is 0.255 e. The highest BCUT2D eigenvalue weighted by atomic mass is 35.5. The van der Waals surface area contributed by atoms with Gasteiger partial charge in [0.15, 0.2) is 0 Å². The van der Waals surface area contributed by atoms with E-state index >= 15 is 0 Å². The maximum absolute atomic E-state index is 13.0. The molecule has 1 aromatic carbocycles. The third kappa shape index (κ3) is 2.65. The number of rotatable bonds is 4. The number of carbonyl (C=O) groups is 1. The molecule has 0 bridgehead atoms. The molecule has 1 N–H and O–H groups in total. The van der Waals surface area contributed by atoms with Gasteiger partial charge in [-0.1, -0.05) is 18.5 Å².